The molecule has 114 valence electrons. The van der Waals surface area contributed by atoms with E-state index in [1.165, 1.54) is 6.07 Å². The molecule has 0 spiro atoms. The molecule has 0 fully saturated rings. The predicted octanol–water partition coefficient (Wildman–Crippen LogP) is 1.48. The molecular weight excluding hydrogens is 292 g/mol. The Bertz CT molecular complexity index is 649. The molecule has 0 heterocycles. The SMILES string of the molecule is CC[C@H](C)[C@H](NS(=O)(=O)Cc1cccc(C#N)c1)C(=O)O. The predicted molar refractivity (Wildman–Crippen MR) is 77.8 cm³/mol. The number of nitrogens with one attached hydrogen (secondary N) is 1. The number of rotatable bonds is 7. The number of carboxylic acids is 1. The lowest BCUT2D eigenvalue weighted by molar-refractivity contribution is -0.140. The molecule has 2 N–H and O–H groups in total. The monoisotopic (exact) mass is 310 g/mol. The third-order valence-corrected chi connectivity index (χ3v) is 4.52. The van der Waals surface area contributed by atoms with Crippen LogP contribution in [0.4, 0.5) is 0 Å². The van der Waals surface area contributed by atoms with Crippen LogP contribution in [0.1, 0.15) is 31.4 Å². The largest absolute Gasteiger partial charge is 0.480 e. The molecular formula is C14H18N2O4S. The summed E-state index contributed by atoms with van der Waals surface area (Å²) in [6, 6.07) is 6.99. The van der Waals surface area contributed by atoms with Crippen LogP contribution in [-0.2, 0) is 20.6 Å². The number of nitriles is 1. The molecule has 0 aliphatic carbocycles. The Morgan fingerprint density at radius 3 is 2.67 bits per heavy atom. The topological polar surface area (TPSA) is 107 Å². The van der Waals surface area contributed by atoms with Gasteiger partial charge >= 0.3 is 5.97 Å². The van der Waals surface area contributed by atoms with Crippen LogP contribution in [0.3, 0.4) is 0 Å². The second-order valence-electron chi connectivity index (χ2n) is 4.89. The Morgan fingerprint density at radius 1 is 1.48 bits per heavy atom. The molecule has 0 amide bonds. The van der Waals surface area contributed by atoms with Crippen LogP contribution in [-0.4, -0.2) is 25.5 Å². The molecule has 2 atom stereocenters. The summed E-state index contributed by atoms with van der Waals surface area (Å²) in [5, 5.41) is 17.9. The third kappa shape index (κ3) is 5.17. The van der Waals surface area contributed by atoms with Crippen molar-refractivity contribution in [3.05, 3.63) is 35.4 Å². The minimum Gasteiger partial charge on any atom is -0.480 e. The van der Waals surface area contributed by atoms with Crippen molar-refractivity contribution in [2.75, 3.05) is 0 Å². The van der Waals surface area contributed by atoms with Gasteiger partial charge in [0.2, 0.25) is 10.0 Å². The third-order valence-electron chi connectivity index (χ3n) is 3.20. The quantitative estimate of drug-likeness (QED) is 0.793. The fourth-order valence-corrected chi connectivity index (χ4v) is 3.25. The maximum atomic E-state index is 12.1. The molecule has 0 saturated heterocycles. The summed E-state index contributed by atoms with van der Waals surface area (Å²) in [6.45, 7) is 3.48. The molecule has 0 aliphatic rings. The van der Waals surface area contributed by atoms with Gasteiger partial charge in [-0.15, -0.1) is 0 Å². The number of hydrogen-bond acceptors (Lipinski definition) is 4. The Balaban J connectivity index is 2.90. The van der Waals surface area contributed by atoms with E-state index in [0.29, 0.717) is 17.5 Å². The van der Waals surface area contributed by atoms with E-state index in [4.69, 9.17) is 10.4 Å². The number of aliphatic carboxylic acids is 1. The van der Waals surface area contributed by atoms with Crippen molar-refractivity contribution >= 4 is 16.0 Å². The van der Waals surface area contributed by atoms with Gasteiger partial charge in [-0.2, -0.15) is 5.26 Å². The lowest BCUT2D eigenvalue weighted by atomic mass is 10.0. The van der Waals surface area contributed by atoms with Crippen molar-refractivity contribution in [3.8, 4) is 6.07 Å². The Kier molecular flexibility index (Phi) is 5.88. The summed E-state index contributed by atoms with van der Waals surface area (Å²) < 4.78 is 26.4. The fourth-order valence-electron chi connectivity index (χ4n) is 1.83. The second-order valence-corrected chi connectivity index (χ2v) is 6.64. The van der Waals surface area contributed by atoms with Gasteiger partial charge in [0, 0.05) is 0 Å². The highest BCUT2D eigenvalue weighted by Gasteiger charge is 2.28. The molecule has 1 rings (SSSR count). The van der Waals surface area contributed by atoms with Crippen molar-refractivity contribution in [1.29, 1.82) is 5.26 Å². The highest BCUT2D eigenvalue weighted by molar-refractivity contribution is 7.88. The first-order chi connectivity index (χ1) is 9.79. The van der Waals surface area contributed by atoms with Crippen molar-refractivity contribution in [2.45, 2.75) is 32.1 Å². The number of sulfonamides is 1. The highest BCUT2D eigenvalue weighted by atomic mass is 32.2. The summed E-state index contributed by atoms with van der Waals surface area (Å²) in [5.74, 6) is -1.87. The normalized spacial score (nSPS) is 14.1. The zero-order valence-electron chi connectivity index (χ0n) is 11.9. The van der Waals surface area contributed by atoms with Gasteiger partial charge in [0.1, 0.15) is 6.04 Å². The average molecular weight is 310 g/mol. The summed E-state index contributed by atoms with van der Waals surface area (Å²) in [6.07, 6.45) is 0.545. The standard InChI is InChI=1S/C14H18N2O4S/c1-3-10(2)13(14(17)18)16-21(19,20)9-12-6-4-5-11(7-12)8-15/h4-7,10,13,16H,3,9H2,1-2H3,(H,17,18)/t10-,13-/m0/s1. The van der Waals surface area contributed by atoms with E-state index in [2.05, 4.69) is 4.72 Å². The summed E-state index contributed by atoms with van der Waals surface area (Å²) >= 11 is 0. The van der Waals surface area contributed by atoms with Gasteiger partial charge < -0.3 is 5.11 Å². The maximum Gasteiger partial charge on any atom is 0.322 e. The Morgan fingerprint density at radius 2 is 2.14 bits per heavy atom. The minimum absolute atomic E-state index is 0.317. The van der Waals surface area contributed by atoms with Crippen LogP contribution in [0.25, 0.3) is 0 Å². The zero-order chi connectivity index (χ0) is 16.0. The van der Waals surface area contributed by atoms with Crippen molar-refractivity contribution in [2.24, 2.45) is 5.92 Å². The van der Waals surface area contributed by atoms with Gasteiger partial charge in [-0.25, -0.2) is 13.1 Å². The molecule has 1 aromatic rings. The fraction of sp³-hybridized carbons (Fsp3) is 0.429. The minimum atomic E-state index is -3.80. The van der Waals surface area contributed by atoms with Crippen molar-refractivity contribution in [3.63, 3.8) is 0 Å². The smallest absolute Gasteiger partial charge is 0.322 e. The van der Waals surface area contributed by atoms with Crippen LogP contribution in [0, 0.1) is 17.2 Å². The lowest BCUT2D eigenvalue weighted by Gasteiger charge is -2.20. The molecule has 0 aliphatic heterocycles. The molecule has 6 nitrogen and oxygen atoms in total. The Labute approximate surface area is 124 Å². The number of benzene rings is 1. The molecule has 0 saturated carbocycles. The maximum absolute atomic E-state index is 12.1. The number of hydrogen-bond donors (Lipinski definition) is 2. The first kappa shape index (κ1) is 17.1. The number of carbonyl (C=O) groups is 1. The molecule has 21 heavy (non-hydrogen) atoms. The first-order valence-electron chi connectivity index (χ1n) is 6.51. The van der Waals surface area contributed by atoms with Crippen molar-refractivity contribution in [1.82, 2.24) is 4.72 Å². The van der Waals surface area contributed by atoms with E-state index in [-0.39, 0.29) is 11.7 Å². The van der Waals surface area contributed by atoms with E-state index < -0.39 is 22.0 Å². The van der Waals surface area contributed by atoms with Gasteiger partial charge in [0.25, 0.3) is 0 Å². The van der Waals surface area contributed by atoms with Gasteiger partial charge in [-0.3, -0.25) is 4.79 Å². The number of nitrogens with zero attached hydrogens (tertiary/aromatic N) is 1. The summed E-state index contributed by atoms with van der Waals surface area (Å²) in [5.41, 5.74) is 0.800. The van der Waals surface area contributed by atoms with Gasteiger partial charge in [0.05, 0.1) is 17.4 Å². The molecule has 7 heteroatoms. The van der Waals surface area contributed by atoms with E-state index in [1.807, 2.05) is 6.07 Å². The molecule has 0 radical (unpaired) electrons. The summed E-state index contributed by atoms with van der Waals surface area (Å²) in [7, 11) is -3.80. The van der Waals surface area contributed by atoms with Gasteiger partial charge in [0.15, 0.2) is 0 Å². The van der Waals surface area contributed by atoms with Crippen molar-refractivity contribution < 1.29 is 18.3 Å². The molecule has 1 aromatic carbocycles. The zero-order valence-corrected chi connectivity index (χ0v) is 12.7. The first-order valence-corrected chi connectivity index (χ1v) is 8.16. The molecule has 0 aromatic heterocycles. The van der Waals surface area contributed by atoms with Crippen LogP contribution in [0.5, 0.6) is 0 Å². The molecule has 0 bridgehead atoms. The van der Waals surface area contributed by atoms with Gasteiger partial charge in [-0.1, -0.05) is 32.4 Å². The number of carboxylic acid groups (broad SMARTS) is 1. The van der Waals surface area contributed by atoms with Crippen LogP contribution in [0.2, 0.25) is 0 Å². The van der Waals surface area contributed by atoms with Crippen LogP contribution < -0.4 is 4.72 Å². The highest BCUT2D eigenvalue weighted by Crippen LogP contribution is 2.12. The van der Waals surface area contributed by atoms with E-state index >= 15 is 0 Å². The van der Waals surface area contributed by atoms with E-state index in [1.54, 1.807) is 32.0 Å². The molecule has 0 unspecified atom stereocenters. The summed E-state index contributed by atoms with van der Waals surface area (Å²) in [4.78, 5) is 11.2. The van der Waals surface area contributed by atoms with E-state index in [0.717, 1.165) is 0 Å². The Hall–Kier alpha value is -1.91. The van der Waals surface area contributed by atoms with E-state index in [9.17, 15) is 13.2 Å². The van der Waals surface area contributed by atoms with Crippen LogP contribution >= 0.6 is 0 Å². The van der Waals surface area contributed by atoms with Crippen LogP contribution in [0.15, 0.2) is 24.3 Å². The van der Waals surface area contributed by atoms with Gasteiger partial charge in [-0.05, 0) is 23.6 Å². The average Bonchev–Trinajstić information content (AvgIpc) is 2.43. The second kappa shape index (κ2) is 7.20. The lowest BCUT2D eigenvalue weighted by Crippen LogP contribution is -2.45.